The maximum Gasteiger partial charge on any atom is 0.0995 e. The van der Waals surface area contributed by atoms with Gasteiger partial charge in [-0.3, -0.25) is 4.98 Å². The molecule has 0 aliphatic heterocycles. The van der Waals surface area contributed by atoms with E-state index in [1.165, 1.54) is 0 Å². The van der Waals surface area contributed by atoms with Crippen LogP contribution in [0.5, 0.6) is 0 Å². The maximum atomic E-state index is 7.48. The highest BCUT2D eigenvalue weighted by atomic mass is 35.5. The van der Waals surface area contributed by atoms with Crippen LogP contribution in [-0.4, -0.2) is 4.98 Å². The first-order valence-electron chi connectivity index (χ1n) is 6.72. The topological polar surface area (TPSA) is 49.1 Å². The Balaban J connectivity index is 1.96. The van der Waals surface area contributed by atoms with Crippen LogP contribution in [0.2, 0.25) is 5.02 Å². The van der Waals surface area contributed by atoms with Crippen LogP contribution in [0, 0.1) is 5.53 Å². The van der Waals surface area contributed by atoms with Crippen LogP contribution in [-0.2, 0) is 6.42 Å². The molecule has 2 aromatic carbocycles. The average Bonchev–Trinajstić information content (AvgIpc) is 2.54. The largest absolute Gasteiger partial charge is 0.256 e. The van der Waals surface area contributed by atoms with Crippen molar-refractivity contribution in [1.29, 1.82) is 5.53 Å². The molecule has 1 atom stereocenters. The van der Waals surface area contributed by atoms with Crippen molar-refractivity contribution in [3.05, 3.63) is 76.9 Å². The average molecular weight is 296 g/mol. The number of rotatable bonds is 4. The van der Waals surface area contributed by atoms with E-state index in [9.17, 15) is 0 Å². The molecule has 0 spiro atoms. The standard InChI is InChI=1S/C17H14ClN3/c18-14-7-5-12(6-8-14)17(21-19)11-13-9-10-20-16-4-2-1-3-15(13)16/h1-10,17,19H,11H2. The summed E-state index contributed by atoms with van der Waals surface area (Å²) in [5.74, 6) is 0. The molecule has 0 amide bonds. The van der Waals surface area contributed by atoms with Gasteiger partial charge in [0.25, 0.3) is 0 Å². The molecule has 1 N–H and O–H groups in total. The molecule has 4 heteroatoms. The normalized spacial score (nSPS) is 12.2. The first-order chi connectivity index (χ1) is 10.3. The van der Waals surface area contributed by atoms with Crippen molar-refractivity contribution in [2.45, 2.75) is 12.5 Å². The number of halogens is 1. The van der Waals surface area contributed by atoms with Crippen LogP contribution in [0.3, 0.4) is 0 Å². The van der Waals surface area contributed by atoms with Gasteiger partial charge in [-0.2, -0.15) is 5.11 Å². The predicted octanol–water partition coefficient (Wildman–Crippen LogP) is 5.20. The van der Waals surface area contributed by atoms with E-state index in [2.05, 4.69) is 16.2 Å². The third kappa shape index (κ3) is 2.93. The highest BCUT2D eigenvalue weighted by molar-refractivity contribution is 6.30. The SMILES string of the molecule is N=NC(Cc1ccnc2ccccc12)c1ccc(Cl)cc1. The Kier molecular flexibility index (Phi) is 3.93. The zero-order valence-electron chi connectivity index (χ0n) is 11.3. The predicted molar refractivity (Wildman–Crippen MR) is 84.8 cm³/mol. The van der Waals surface area contributed by atoms with E-state index in [1.807, 2.05) is 48.5 Å². The third-order valence-corrected chi connectivity index (χ3v) is 3.82. The lowest BCUT2D eigenvalue weighted by Crippen LogP contribution is -2.00. The zero-order valence-corrected chi connectivity index (χ0v) is 12.1. The number of hydrogen-bond acceptors (Lipinski definition) is 3. The summed E-state index contributed by atoms with van der Waals surface area (Å²) in [6.45, 7) is 0. The Morgan fingerprint density at radius 1 is 1.05 bits per heavy atom. The molecule has 0 radical (unpaired) electrons. The molecule has 1 heterocycles. The van der Waals surface area contributed by atoms with Gasteiger partial charge < -0.3 is 0 Å². The minimum absolute atomic E-state index is 0.201. The summed E-state index contributed by atoms with van der Waals surface area (Å²) >= 11 is 5.91. The molecule has 1 unspecified atom stereocenters. The van der Waals surface area contributed by atoms with E-state index in [4.69, 9.17) is 17.1 Å². The molecule has 0 fully saturated rings. The minimum atomic E-state index is -0.201. The van der Waals surface area contributed by atoms with Gasteiger partial charge in [0.1, 0.15) is 0 Å². The highest BCUT2D eigenvalue weighted by Crippen LogP contribution is 2.26. The second kappa shape index (κ2) is 6.02. The number of pyridine rings is 1. The summed E-state index contributed by atoms with van der Waals surface area (Å²) < 4.78 is 0. The molecule has 0 aliphatic carbocycles. The van der Waals surface area contributed by atoms with E-state index in [-0.39, 0.29) is 6.04 Å². The first kappa shape index (κ1) is 13.7. The van der Waals surface area contributed by atoms with Crippen LogP contribution >= 0.6 is 11.6 Å². The first-order valence-corrected chi connectivity index (χ1v) is 7.10. The van der Waals surface area contributed by atoms with Gasteiger partial charge in [-0.15, -0.1) is 0 Å². The van der Waals surface area contributed by atoms with Crippen LogP contribution in [0.25, 0.3) is 10.9 Å². The van der Waals surface area contributed by atoms with Crippen LogP contribution in [0.1, 0.15) is 17.2 Å². The smallest absolute Gasteiger partial charge is 0.0995 e. The highest BCUT2D eigenvalue weighted by Gasteiger charge is 2.13. The van der Waals surface area contributed by atoms with Crippen molar-refractivity contribution in [3.63, 3.8) is 0 Å². The molecule has 0 bridgehead atoms. The number of nitrogens with zero attached hydrogens (tertiary/aromatic N) is 2. The Morgan fingerprint density at radius 2 is 1.81 bits per heavy atom. The van der Waals surface area contributed by atoms with Crippen molar-refractivity contribution >= 4 is 22.5 Å². The van der Waals surface area contributed by atoms with Gasteiger partial charge in [-0.05, 0) is 35.4 Å². The van der Waals surface area contributed by atoms with E-state index >= 15 is 0 Å². The number of nitrogens with one attached hydrogen (secondary N) is 1. The van der Waals surface area contributed by atoms with Gasteiger partial charge in [-0.25, -0.2) is 5.53 Å². The minimum Gasteiger partial charge on any atom is -0.256 e. The van der Waals surface area contributed by atoms with Crippen LogP contribution < -0.4 is 0 Å². The molecule has 0 saturated carbocycles. The van der Waals surface area contributed by atoms with Crippen molar-refractivity contribution in [2.75, 3.05) is 0 Å². The lowest BCUT2D eigenvalue weighted by Gasteiger charge is -2.13. The van der Waals surface area contributed by atoms with Gasteiger partial charge in [0.15, 0.2) is 0 Å². The zero-order chi connectivity index (χ0) is 14.7. The quantitative estimate of drug-likeness (QED) is 0.660. The molecular weight excluding hydrogens is 282 g/mol. The van der Waals surface area contributed by atoms with E-state index < -0.39 is 0 Å². The molecule has 1 aromatic heterocycles. The fourth-order valence-corrected chi connectivity index (χ4v) is 2.59. The number of fused-ring (bicyclic) bond motifs is 1. The second-order valence-corrected chi connectivity index (χ2v) is 5.32. The monoisotopic (exact) mass is 295 g/mol. The lowest BCUT2D eigenvalue weighted by molar-refractivity contribution is 0.665. The van der Waals surface area contributed by atoms with E-state index in [0.29, 0.717) is 11.4 Å². The molecule has 104 valence electrons. The summed E-state index contributed by atoms with van der Waals surface area (Å²) in [6, 6.07) is 17.3. The molecule has 0 aliphatic rings. The van der Waals surface area contributed by atoms with Gasteiger partial charge in [0, 0.05) is 23.0 Å². The number of aromatic nitrogens is 1. The van der Waals surface area contributed by atoms with Crippen molar-refractivity contribution in [3.8, 4) is 0 Å². The van der Waals surface area contributed by atoms with Crippen LogP contribution in [0.4, 0.5) is 0 Å². The Hall–Kier alpha value is -2.26. The Bertz CT molecular complexity index is 763. The van der Waals surface area contributed by atoms with Crippen molar-refractivity contribution in [1.82, 2.24) is 4.98 Å². The summed E-state index contributed by atoms with van der Waals surface area (Å²) in [5.41, 5.74) is 10.6. The van der Waals surface area contributed by atoms with Gasteiger partial charge in [-0.1, -0.05) is 41.9 Å². The summed E-state index contributed by atoms with van der Waals surface area (Å²) in [7, 11) is 0. The Labute approximate surface area is 128 Å². The van der Waals surface area contributed by atoms with Gasteiger partial charge >= 0.3 is 0 Å². The molecule has 3 aromatic rings. The van der Waals surface area contributed by atoms with E-state index in [0.717, 1.165) is 22.0 Å². The third-order valence-electron chi connectivity index (χ3n) is 3.56. The molecule has 21 heavy (non-hydrogen) atoms. The van der Waals surface area contributed by atoms with Gasteiger partial charge in [0.05, 0.1) is 11.6 Å². The number of para-hydroxylation sites is 1. The second-order valence-electron chi connectivity index (χ2n) is 4.89. The number of hydrogen-bond donors (Lipinski definition) is 1. The Morgan fingerprint density at radius 3 is 2.57 bits per heavy atom. The molecule has 3 rings (SSSR count). The molecule has 3 nitrogen and oxygen atoms in total. The van der Waals surface area contributed by atoms with Crippen molar-refractivity contribution in [2.24, 2.45) is 5.11 Å². The fraction of sp³-hybridized carbons (Fsp3) is 0.118. The molecule has 0 saturated heterocycles. The maximum absolute atomic E-state index is 7.48. The van der Waals surface area contributed by atoms with Crippen molar-refractivity contribution < 1.29 is 0 Å². The van der Waals surface area contributed by atoms with Crippen LogP contribution in [0.15, 0.2) is 65.9 Å². The summed E-state index contributed by atoms with van der Waals surface area (Å²) in [6.07, 6.45) is 2.48. The van der Waals surface area contributed by atoms with Gasteiger partial charge in [0.2, 0.25) is 0 Å². The van der Waals surface area contributed by atoms with E-state index in [1.54, 1.807) is 6.20 Å². The fourth-order valence-electron chi connectivity index (χ4n) is 2.46. The lowest BCUT2D eigenvalue weighted by atomic mass is 9.97. The summed E-state index contributed by atoms with van der Waals surface area (Å²) in [5, 5.41) is 5.58. The summed E-state index contributed by atoms with van der Waals surface area (Å²) in [4.78, 5) is 4.36. The molecular formula is C17H14ClN3. The number of benzene rings is 2.